The molecule has 146 valence electrons. The number of carbonyl (C=O) groups is 2. The number of aromatic amines is 1. The molecule has 0 atom stereocenters. The molecule has 0 bridgehead atoms. The number of rotatable bonds is 8. The number of benzene rings is 2. The fourth-order valence-corrected chi connectivity index (χ4v) is 3.25. The summed E-state index contributed by atoms with van der Waals surface area (Å²) in [5.74, 6) is -0.0508. The molecule has 1 aromatic heterocycles. The Morgan fingerprint density at radius 1 is 1.04 bits per heavy atom. The van der Waals surface area contributed by atoms with Crippen LogP contribution in [0.4, 0.5) is 0 Å². The number of aryl methyl sites for hydroxylation is 1. The van der Waals surface area contributed by atoms with Crippen molar-refractivity contribution in [3.05, 3.63) is 71.4 Å². The van der Waals surface area contributed by atoms with E-state index in [0.29, 0.717) is 26.1 Å². The van der Waals surface area contributed by atoms with Gasteiger partial charge >= 0.3 is 0 Å². The Hall–Kier alpha value is -3.08. The molecule has 0 spiro atoms. The zero-order valence-electron chi connectivity index (χ0n) is 16.5. The first-order valence-corrected chi connectivity index (χ1v) is 9.65. The van der Waals surface area contributed by atoms with Crippen molar-refractivity contribution in [2.75, 3.05) is 13.1 Å². The molecule has 3 rings (SSSR count). The Morgan fingerprint density at radius 3 is 2.54 bits per heavy atom. The molecule has 0 aliphatic carbocycles. The molecule has 0 unspecified atom stereocenters. The fourth-order valence-electron chi connectivity index (χ4n) is 3.25. The topological polar surface area (TPSA) is 65.2 Å². The molecule has 5 nitrogen and oxygen atoms in total. The molecule has 0 radical (unpaired) electrons. The molecule has 0 aliphatic heterocycles. The van der Waals surface area contributed by atoms with E-state index in [1.807, 2.05) is 55.6 Å². The Bertz CT molecular complexity index is 944. The van der Waals surface area contributed by atoms with Gasteiger partial charge in [-0.2, -0.15) is 0 Å². The second-order valence-electron chi connectivity index (χ2n) is 7.13. The summed E-state index contributed by atoms with van der Waals surface area (Å²) in [4.78, 5) is 29.1. The van der Waals surface area contributed by atoms with E-state index in [2.05, 4.69) is 16.4 Å². The number of carbonyl (C=O) groups excluding carboxylic acids is 2. The van der Waals surface area contributed by atoms with E-state index in [1.54, 1.807) is 11.8 Å². The Kier molecular flexibility index (Phi) is 6.48. The smallest absolute Gasteiger partial charge is 0.222 e. The number of H-pyrrole nitrogens is 1. The van der Waals surface area contributed by atoms with Crippen molar-refractivity contribution in [3.63, 3.8) is 0 Å². The lowest BCUT2D eigenvalue weighted by Gasteiger charge is -2.20. The van der Waals surface area contributed by atoms with Gasteiger partial charge in [-0.15, -0.1) is 0 Å². The summed E-state index contributed by atoms with van der Waals surface area (Å²) >= 11 is 0. The molecular formula is C23H27N3O2. The summed E-state index contributed by atoms with van der Waals surface area (Å²) in [7, 11) is 0. The minimum atomic E-state index is -0.0427. The van der Waals surface area contributed by atoms with Gasteiger partial charge in [0.05, 0.1) is 0 Å². The quantitative estimate of drug-likeness (QED) is 0.630. The molecule has 2 aromatic carbocycles. The number of fused-ring (bicyclic) bond motifs is 1. The first kappa shape index (κ1) is 19.7. The lowest BCUT2D eigenvalue weighted by molar-refractivity contribution is -0.129. The summed E-state index contributed by atoms with van der Waals surface area (Å²) in [6, 6.07) is 16.2. The normalized spacial score (nSPS) is 10.8. The van der Waals surface area contributed by atoms with Gasteiger partial charge in [0.1, 0.15) is 0 Å². The second-order valence-corrected chi connectivity index (χ2v) is 7.13. The van der Waals surface area contributed by atoms with Crippen LogP contribution in [0, 0.1) is 6.92 Å². The SMILES string of the molecule is CC(=O)N(CCC(=O)NCc1ccc(C)cc1)CCc1c[nH]c2ccccc12. The fraction of sp³-hybridized carbons (Fsp3) is 0.304. The largest absolute Gasteiger partial charge is 0.361 e. The number of nitrogens with one attached hydrogen (secondary N) is 2. The molecule has 0 fully saturated rings. The molecule has 0 saturated carbocycles. The van der Waals surface area contributed by atoms with E-state index in [-0.39, 0.29) is 11.8 Å². The van der Waals surface area contributed by atoms with Gasteiger partial charge in [-0.05, 0) is 30.5 Å². The number of hydrogen-bond donors (Lipinski definition) is 2. The molecule has 3 aromatic rings. The molecule has 28 heavy (non-hydrogen) atoms. The molecule has 1 heterocycles. The van der Waals surface area contributed by atoms with Crippen LogP contribution in [0.2, 0.25) is 0 Å². The van der Waals surface area contributed by atoms with Crippen molar-refractivity contribution in [1.82, 2.24) is 15.2 Å². The van der Waals surface area contributed by atoms with Crippen LogP contribution >= 0.6 is 0 Å². The molecule has 5 heteroatoms. The summed E-state index contributed by atoms with van der Waals surface area (Å²) in [6.45, 7) is 5.13. The zero-order valence-corrected chi connectivity index (χ0v) is 16.5. The summed E-state index contributed by atoms with van der Waals surface area (Å²) < 4.78 is 0. The van der Waals surface area contributed by atoms with E-state index >= 15 is 0 Å². The Labute approximate surface area is 165 Å². The predicted octanol–water partition coefficient (Wildman–Crippen LogP) is 3.57. The van der Waals surface area contributed by atoms with Crippen LogP contribution in [0.1, 0.15) is 30.0 Å². The van der Waals surface area contributed by atoms with E-state index in [0.717, 1.165) is 17.5 Å². The van der Waals surface area contributed by atoms with E-state index in [1.165, 1.54) is 16.5 Å². The average Bonchev–Trinajstić information content (AvgIpc) is 3.10. The number of para-hydroxylation sites is 1. The third kappa shape index (κ3) is 5.22. The van der Waals surface area contributed by atoms with Crippen LogP contribution in [0.5, 0.6) is 0 Å². The maximum Gasteiger partial charge on any atom is 0.222 e. The standard InChI is InChI=1S/C23H27N3O2/c1-17-7-9-19(10-8-17)15-25-23(28)12-14-26(18(2)27)13-11-20-16-24-22-6-4-3-5-21(20)22/h3-10,16,24H,11-15H2,1-2H3,(H,25,28). The molecule has 2 amide bonds. The van der Waals surface area contributed by atoms with Crippen molar-refractivity contribution in [2.45, 2.75) is 33.2 Å². The van der Waals surface area contributed by atoms with Gasteiger partial charge in [0.15, 0.2) is 0 Å². The minimum Gasteiger partial charge on any atom is -0.361 e. The highest BCUT2D eigenvalue weighted by atomic mass is 16.2. The van der Waals surface area contributed by atoms with Gasteiger partial charge < -0.3 is 15.2 Å². The highest BCUT2D eigenvalue weighted by molar-refractivity contribution is 5.83. The Morgan fingerprint density at radius 2 is 1.79 bits per heavy atom. The number of aromatic nitrogens is 1. The Balaban J connectivity index is 1.48. The van der Waals surface area contributed by atoms with Crippen LogP contribution in [0.3, 0.4) is 0 Å². The molecule has 2 N–H and O–H groups in total. The van der Waals surface area contributed by atoms with Crippen molar-refractivity contribution in [3.8, 4) is 0 Å². The first-order valence-electron chi connectivity index (χ1n) is 9.65. The van der Waals surface area contributed by atoms with Gasteiger partial charge in [0.25, 0.3) is 0 Å². The molecule has 0 saturated heterocycles. The average molecular weight is 377 g/mol. The first-order chi connectivity index (χ1) is 13.5. The molecular weight excluding hydrogens is 350 g/mol. The predicted molar refractivity (Wildman–Crippen MR) is 112 cm³/mol. The number of nitrogens with zero attached hydrogens (tertiary/aromatic N) is 1. The maximum absolute atomic E-state index is 12.2. The summed E-state index contributed by atoms with van der Waals surface area (Å²) in [5, 5.41) is 4.11. The molecule has 0 aliphatic rings. The van der Waals surface area contributed by atoms with E-state index in [4.69, 9.17) is 0 Å². The van der Waals surface area contributed by atoms with Gasteiger partial charge in [-0.1, -0.05) is 48.0 Å². The van der Waals surface area contributed by atoms with E-state index in [9.17, 15) is 9.59 Å². The van der Waals surface area contributed by atoms with Crippen molar-refractivity contribution in [1.29, 1.82) is 0 Å². The van der Waals surface area contributed by atoms with Gasteiger partial charge in [-0.3, -0.25) is 9.59 Å². The van der Waals surface area contributed by atoms with Crippen LogP contribution < -0.4 is 5.32 Å². The van der Waals surface area contributed by atoms with Crippen molar-refractivity contribution in [2.24, 2.45) is 0 Å². The van der Waals surface area contributed by atoms with Crippen molar-refractivity contribution >= 4 is 22.7 Å². The third-order valence-corrected chi connectivity index (χ3v) is 4.99. The summed E-state index contributed by atoms with van der Waals surface area (Å²) in [6.07, 6.45) is 3.06. The van der Waals surface area contributed by atoms with Crippen LogP contribution in [0.15, 0.2) is 54.7 Å². The van der Waals surface area contributed by atoms with Crippen LogP contribution in [0.25, 0.3) is 10.9 Å². The van der Waals surface area contributed by atoms with Gasteiger partial charge in [0.2, 0.25) is 11.8 Å². The highest BCUT2D eigenvalue weighted by Crippen LogP contribution is 2.18. The second kappa shape index (κ2) is 9.22. The van der Waals surface area contributed by atoms with Gasteiger partial charge in [0, 0.05) is 50.1 Å². The third-order valence-electron chi connectivity index (χ3n) is 4.99. The van der Waals surface area contributed by atoms with Crippen molar-refractivity contribution < 1.29 is 9.59 Å². The monoisotopic (exact) mass is 377 g/mol. The maximum atomic E-state index is 12.2. The summed E-state index contributed by atoms with van der Waals surface area (Å²) in [5.41, 5.74) is 4.55. The highest BCUT2D eigenvalue weighted by Gasteiger charge is 2.12. The van der Waals surface area contributed by atoms with Gasteiger partial charge in [-0.25, -0.2) is 0 Å². The lowest BCUT2D eigenvalue weighted by Crippen LogP contribution is -2.35. The zero-order chi connectivity index (χ0) is 19.9. The van der Waals surface area contributed by atoms with Crippen LogP contribution in [-0.4, -0.2) is 34.8 Å². The lowest BCUT2D eigenvalue weighted by atomic mass is 10.1. The number of amides is 2. The van der Waals surface area contributed by atoms with E-state index < -0.39 is 0 Å². The van der Waals surface area contributed by atoms with Crippen LogP contribution in [-0.2, 0) is 22.6 Å². The number of hydrogen-bond acceptors (Lipinski definition) is 2. The minimum absolute atomic E-state index is 0.00817.